The van der Waals surface area contributed by atoms with Crippen molar-refractivity contribution >= 4 is 18.2 Å². The number of rotatable bonds is 8. The van der Waals surface area contributed by atoms with Crippen LogP contribution in [-0.4, -0.2) is 37.9 Å². The third kappa shape index (κ3) is 7.78. The van der Waals surface area contributed by atoms with Crippen molar-refractivity contribution < 1.29 is 14.4 Å². The van der Waals surface area contributed by atoms with Gasteiger partial charge in [0.1, 0.15) is 0 Å². The van der Waals surface area contributed by atoms with E-state index in [9.17, 15) is 14.4 Å². The van der Waals surface area contributed by atoms with E-state index >= 15 is 0 Å². The van der Waals surface area contributed by atoms with Gasteiger partial charge in [-0.3, -0.25) is 14.4 Å². The highest BCUT2D eigenvalue weighted by Crippen LogP contribution is 1.82. The summed E-state index contributed by atoms with van der Waals surface area (Å²) < 4.78 is 0. The molecule has 0 aromatic carbocycles. The lowest BCUT2D eigenvalue weighted by atomic mass is 10.3. The van der Waals surface area contributed by atoms with Gasteiger partial charge in [-0.1, -0.05) is 13.3 Å². The lowest BCUT2D eigenvalue weighted by Gasteiger charge is -2.05. The molecular weight excluding hydrogens is 210 g/mol. The van der Waals surface area contributed by atoms with Crippen LogP contribution in [0.5, 0.6) is 0 Å². The van der Waals surface area contributed by atoms with Crippen LogP contribution < -0.4 is 16.0 Å². The van der Waals surface area contributed by atoms with Crippen LogP contribution in [0.4, 0.5) is 0 Å². The van der Waals surface area contributed by atoms with Crippen molar-refractivity contribution in [3.63, 3.8) is 0 Å². The van der Waals surface area contributed by atoms with Gasteiger partial charge in [0.05, 0.1) is 0 Å². The summed E-state index contributed by atoms with van der Waals surface area (Å²) in [6.07, 6.45) is 3.04. The first-order valence-corrected chi connectivity index (χ1v) is 5.45. The number of hydrogen-bond acceptors (Lipinski definition) is 3. The highest BCUT2D eigenvalue weighted by Gasteiger charge is 2.10. The molecule has 92 valence electrons. The summed E-state index contributed by atoms with van der Waals surface area (Å²) in [5.74, 6) is -1.22. The smallest absolute Gasteiger partial charge is 0.309 e. The largest absolute Gasteiger partial charge is 0.359 e. The number of nitrogens with one attached hydrogen (secondary N) is 3. The number of amides is 3. The van der Waals surface area contributed by atoms with E-state index in [1.807, 2.05) is 6.92 Å². The van der Waals surface area contributed by atoms with Gasteiger partial charge in [0.2, 0.25) is 6.41 Å². The molecule has 0 unspecified atom stereocenters. The molecule has 6 nitrogen and oxygen atoms in total. The van der Waals surface area contributed by atoms with E-state index in [-0.39, 0.29) is 0 Å². The Labute approximate surface area is 95.2 Å². The average Bonchev–Trinajstić information content (AvgIpc) is 2.28. The van der Waals surface area contributed by atoms with Crippen molar-refractivity contribution in [2.24, 2.45) is 0 Å². The molecular formula is C10H19N3O3. The maximum Gasteiger partial charge on any atom is 0.309 e. The molecule has 0 aliphatic carbocycles. The Morgan fingerprint density at radius 1 is 1.00 bits per heavy atom. The summed E-state index contributed by atoms with van der Waals surface area (Å²) in [6.45, 7) is 3.39. The van der Waals surface area contributed by atoms with Crippen LogP contribution in [0.2, 0.25) is 0 Å². The lowest BCUT2D eigenvalue weighted by Crippen LogP contribution is -2.41. The van der Waals surface area contributed by atoms with Gasteiger partial charge in [-0.25, -0.2) is 0 Å². The molecule has 0 aliphatic rings. The highest BCUT2D eigenvalue weighted by atomic mass is 16.2. The molecule has 6 heteroatoms. The Balaban J connectivity index is 3.47. The lowest BCUT2D eigenvalue weighted by molar-refractivity contribution is -0.139. The molecule has 0 saturated heterocycles. The predicted octanol–water partition coefficient (Wildman–Crippen LogP) is -0.845. The van der Waals surface area contributed by atoms with Crippen LogP contribution in [0.3, 0.4) is 0 Å². The second-order valence-electron chi connectivity index (χ2n) is 3.29. The Morgan fingerprint density at radius 2 is 1.56 bits per heavy atom. The highest BCUT2D eigenvalue weighted by molar-refractivity contribution is 6.35. The van der Waals surface area contributed by atoms with E-state index in [0.717, 1.165) is 12.8 Å². The van der Waals surface area contributed by atoms with Crippen LogP contribution >= 0.6 is 0 Å². The van der Waals surface area contributed by atoms with E-state index in [1.54, 1.807) is 0 Å². The summed E-state index contributed by atoms with van der Waals surface area (Å²) in [5.41, 5.74) is 0. The van der Waals surface area contributed by atoms with Gasteiger partial charge in [-0.15, -0.1) is 0 Å². The maximum atomic E-state index is 11.2. The Bertz CT molecular complexity index is 231. The standard InChI is InChI=1S/C10H19N3O3/c1-2-3-6-12-9(15)10(16)13-7-4-5-11-8-14/h8H,2-7H2,1H3,(H,11,14)(H,12,15)(H,13,16). The van der Waals surface area contributed by atoms with E-state index in [4.69, 9.17) is 0 Å². The molecule has 3 N–H and O–H groups in total. The molecule has 0 fully saturated rings. The molecule has 0 saturated carbocycles. The fourth-order valence-electron chi connectivity index (χ4n) is 0.991. The predicted molar refractivity (Wildman–Crippen MR) is 59.6 cm³/mol. The Morgan fingerprint density at radius 3 is 2.06 bits per heavy atom. The fraction of sp³-hybridized carbons (Fsp3) is 0.700. The SMILES string of the molecule is CCCCNC(=O)C(=O)NCCCNC=O. The van der Waals surface area contributed by atoms with E-state index in [2.05, 4.69) is 16.0 Å². The minimum absolute atomic E-state index is 0.376. The summed E-state index contributed by atoms with van der Waals surface area (Å²) in [7, 11) is 0. The minimum Gasteiger partial charge on any atom is -0.359 e. The zero-order valence-corrected chi connectivity index (χ0v) is 9.54. The van der Waals surface area contributed by atoms with Crippen LogP contribution in [0.15, 0.2) is 0 Å². The van der Waals surface area contributed by atoms with Gasteiger partial charge < -0.3 is 16.0 Å². The normalized spacial score (nSPS) is 9.31. The van der Waals surface area contributed by atoms with Crippen LogP contribution in [0.1, 0.15) is 26.2 Å². The van der Waals surface area contributed by atoms with Crippen molar-refractivity contribution in [3.05, 3.63) is 0 Å². The Kier molecular flexibility index (Phi) is 8.96. The van der Waals surface area contributed by atoms with Gasteiger partial charge in [0.25, 0.3) is 0 Å². The van der Waals surface area contributed by atoms with Gasteiger partial charge in [0, 0.05) is 19.6 Å². The van der Waals surface area contributed by atoms with Crippen molar-refractivity contribution in [2.45, 2.75) is 26.2 Å². The second kappa shape index (κ2) is 9.95. The van der Waals surface area contributed by atoms with Crippen LogP contribution in [-0.2, 0) is 14.4 Å². The summed E-state index contributed by atoms with van der Waals surface area (Å²) >= 11 is 0. The first-order chi connectivity index (χ1) is 7.72. The molecule has 0 spiro atoms. The zero-order chi connectivity index (χ0) is 12.2. The summed E-state index contributed by atoms with van der Waals surface area (Å²) in [6, 6.07) is 0. The number of hydrogen-bond donors (Lipinski definition) is 3. The molecule has 0 aliphatic heterocycles. The zero-order valence-electron chi connectivity index (χ0n) is 9.54. The summed E-state index contributed by atoms with van der Waals surface area (Å²) in [4.78, 5) is 32.2. The second-order valence-corrected chi connectivity index (χ2v) is 3.29. The van der Waals surface area contributed by atoms with Crippen molar-refractivity contribution in [3.8, 4) is 0 Å². The van der Waals surface area contributed by atoms with E-state index < -0.39 is 11.8 Å². The topological polar surface area (TPSA) is 87.3 Å². The molecule has 0 aromatic rings. The quantitative estimate of drug-likeness (QED) is 0.288. The molecule has 3 amide bonds. The first-order valence-electron chi connectivity index (χ1n) is 5.45. The summed E-state index contributed by atoms with van der Waals surface area (Å²) in [5, 5.41) is 7.43. The average molecular weight is 229 g/mol. The van der Waals surface area contributed by atoms with Gasteiger partial charge >= 0.3 is 11.8 Å². The third-order valence-electron chi connectivity index (χ3n) is 1.89. The van der Waals surface area contributed by atoms with E-state index in [0.29, 0.717) is 32.5 Å². The fourth-order valence-corrected chi connectivity index (χ4v) is 0.991. The molecule has 0 atom stereocenters. The number of carbonyl (C=O) groups excluding carboxylic acids is 3. The molecule has 16 heavy (non-hydrogen) atoms. The number of unbranched alkanes of at least 4 members (excludes halogenated alkanes) is 1. The molecule has 0 heterocycles. The third-order valence-corrected chi connectivity index (χ3v) is 1.89. The van der Waals surface area contributed by atoms with Crippen LogP contribution in [0.25, 0.3) is 0 Å². The maximum absolute atomic E-state index is 11.2. The molecule has 0 radical (unpaired) electrons. The Hall–Kier alpha value is -1.59. The van der Waals surface area contributed by atoms with E-state index in [1.165, 1.54) is 0 Å². The van der Waals surface area contributed by atoms with Crippen molar-refractivity contribution in [2.75, 3.05) is 19.6 Å². The molecule has 0 rings (SSSR count). The van der Waals surface area contributed by atoms with Crippen LogP contribution in [0, 0.1) is 0 Å². The number of carbonyl (C=O) groups is 3. The van der Waals surface area contributed by atoms with Gasteiger partial charge in [0.15, 0.2) is 0 Å². The van der Waals surface area contributed by atoms with Crippen molar-refractivity contribution in [1.29, 1.82) is 0 Å². The minimum atomic E-state index is -0.623. The molecule has 0 aromatic heterocycles. The van der Waals surface area contributed by atoms with Gasteiger partial charge in [-0.2, -0.15) is 0 Å². The molecule has 0 bridgehead atoms. The van der Waals surface area contributed by atoms with Crippen molar-refractivity contribution in [1.82, 2.24) is 16.0 Å². The monoisotopic (exact) mass is 229 g/mol. The van der Waals surface area contributed by atoms with Gasteiger partial charge in [-0.05, 0) is 12.8 Å². The first kappa shape index (κ1) is 14.4.